The van der Waals surface area contributed by atoms with Gasteiger partial charge in [-0.15, -0.1) is 0 Å². The number of aliphatic hydroxyl groups excluding tert-OH is 1. The molecule has 7 heteroatoms. The Morgan fingerprint density at radius 1 is 1.12 bits per heavy atom. The molecule has 180 valence electrons. The molecule has 3 fully saturated rings. The number of rotatable bonds is 3. The number of nitrogens with zero attached hydrogens (tertiary/aromatic N) is 1. The molecule has 7 atom stereocenters. The van der Waals surface area contributed by atoms with Crippen LogP contribution in [0.15, 0.2) is 48.7 Å². The summed E-state index contributed by atoms with van der Waals surface area (Å²) in [6, 6.07) is 8.77. The van der Waals surface area contributed by atoms with Gasteiger partial charge in [-0.25, -0.2) is 0 Å². The Hall–Kier alpha value is -2.67. The van der Waals surface area contributed by atoms with E-state index in [2.05, 4.69) is 11.1 Å². The third kappa shape index (κ3) is 4.38. The Morgan fingerprint density at radius 3 is 2.68 bits per heavy atom. The van der Waals surface area contributed by atoms with E-state index < -0.39 is 11.7 Å². The predicted octanol–water partition coefficient (Wildman–Crippen LogP) is 5.76. The zero-order valence-electron chi connectivity index (χ0n) is 18.9. The Morgan fingerprint density at radius 2 is 1.94 bits per heavy atom. The number of halogens is 3. The van der Waals surface area contributed by atoms with Crippen LogP contribution in [0.1, 0.15) is 43.9 Å². The van der Waals surface area contributed by atoms with Gasteiger partial charge in [-0.05, 0) is 80.2 Å². The molecule has 2 aliphatic carbocycles. The lowest BCUT2D eigenvalue weighted by atomic mass is 9.57. The first-order chi connectivity index (χ1) is 16.2. The lowest BCUT2D eigenvalue weighted by molar-refractivity contribution is -0.144. The average Bonchev–Trinajstić information content (AvgIpc) is 3.10. The molecule has 0 spiro atoms. The van der Waals surface area contributed by atoms with Crippen LogP contribution in [0.25, 0.3) is 17.2 Å². The molecule has 34 heavy (non-hydrogen) atoms. The fraction of sp³-hybridized carbons (Fsp3) is 0.481. The summed E-state index contributed by atoms with van der Waals surface area (Å²) in [4.78, 5) is 16.9. The van der Waals surface area contributed by atoms with Gasteiger partial charge in [0.25, 0.3) is 0 Å². The van der Waals surface area contributed by atoms with Crippen molar-refractivity contribution in [2.24, 2.45) is 29.6 Å². The van der Waals surface area contributed by atoms with Crippen molar-refractivity contribution in [2.45, 2.75) is 51.0 Å². The molecule has 5 unspecified atom stereocenters. The Bertz CT molecular complexity index is 1080. The highest BCUT2D eigenvalue weighted by Gasteiger charge is 2.54. The number of fused-ring (bicyclic) bond motifs is 2. The zero-order chi connectivity index (χ0) is 24.0. The van der Waals surface area contributed by atoms with Crippen molar-refractivity contribution in [3.8, 4) is 11.1 Å². The van der Waals surface area contributed by atoms with Gasteiger partial charge >= 0.3 is 12.1 Å². The molecule has 4 nitrogen and oxygen atoms in total. The fourth-order valence-electron chi connectivity index (χ4n) is 6.32. The number of aliphatic hydroxyl groups is 1. The van der Waals surface area contributed by atoms with Crippen LogP contribution in [0.3, 0.4) is 0 Å². The Kier molecular flexibility index (Phi) is 6.00. The van der Waals surface area contributed by atoms with Gasteiger partial charge in [0.15, 0.2) is 0 Å². The van der Waals surface area contributed by atoms with Crippen LogP contribution >= 0.6 is 0 Å². The highest BCUT2D eigenvalue weighted by molar-refractivity contribution is 5.75. The molecule has 2 aromatic rings. The fourth-order valence-corrected chi connectivity index (χ4v) is 6.32. The minimum atomic E-state index is -4.39. The number of hydrogen-bond acceptors (Lipinski definition) is 4. The number of benzene rings is 1. The normalized spacial score (nSPS) is 33.4. The topological polar surface area (TPSA) is 59.4 Å². The number of hydrogen-bond donors (Lipinski definition) is 1. The molecule has 1 N–H and O–H groups in total. The Labute approximate surface area is 196 Å². The molecule has 0 bridgehead atoms. The number of carbonyl (C=O) groups is 1. The minimum absolute atomic E-state index is 0.0830. The number of esters is 1. The van der Waals surface area contributed by atoms with Crippen molar-refractivity contribution in [1.29, 1.82) is 0 Å². The SMILES string of the molecule is C[C@@H]1OC(=O)C2CC3CCC(O)CC3[C@@H](C=Cc3ccc(-c4cccc(C(F)(F)F)c4)cn3)C21. The predicted molar refractivity (Wildman–Crippen MR) is 121 cm³/mol. The summed E-state index contributed by atoms with van der Waals surface area (Å²) in [5.74, 6) is 0.669. The maximum atomic E-state index is 13.0. The molecule has 0 radical (unpaired) electrons. The second kappa shape index (κ2) is 8.84. The molecule has 1 aromatic heterocycles. The smallest absolute Gasteiger partial charge is 0.416 e. The summed E-state index contributed by atoms with van der Waals surface area (Å²) in [5.41, 5.74) is 1.08. The van der Waals surface area contributed by atoms with Crippen molar-refractivity contribution in [2.75, 3.05) is 0 Å². The molecule has 2 saturated carbocycles. The maximum Gasteiger partial charge on any atom is 0.416 e. The lowest BCUT2D eigenvalue weighted by Crippen LogP contribution is -2.45. The number of alkyl halides is 3. The van der Waals surface area contributed by atoms with E-state index in [-0.39, 0.29) is 35.9 Å². The maximum absolute atomic E-state index is 13.0. The van der Waals surface area contributed by atoms with Crippen molar-refractivity contribution in [3.63, 3.8) is 0 Å². The van der Waals surface area contributed by atoms with Gasteiger partial charge in [-0.1, -0.05) is 24.3 Å². The minimum Gasteiger partial charge on any atom is -0.462 e. The van der Waals surface area contributed by atoms with E-state index in [1.165, 1.54) is 6.07 Å². The van der Waals surface area contributed by atoms with Gasteiger partial charge in [0.05, 0.1) is 23.3 Å². The van der Waals surface area contributed by atoms with Crippen molar-refractivity contribution >= 4 is 12.0 Å². The number of ether oxygens (including phenoxy) is 1. The van der Waals surface area contributed by atoms with Crippen LogP contribution in [0.2, 0.25) is 0 Å². The largest absolute Gasteiger partial charge is 0.462 e. The van der Waals surface area contributed by atoms with E-state index in [0.717, 1.165) is 37.8 Å². The van der Waals surface area contributed by atoms with Crippen LogP contribution in [0.5, 0.6) is 0 Å². The van der Waals surface area contributed by atoms with Gasteiger partial charge in [0.2, 0.25) is 0 Å². The number of cyclic esters (lactones) is 1. The average molecular weight is 472 g/mol. The summed E-state index contributed by atoms with van der Waals surface area (Å²) in [5, 5.41) is 10.3. The van der Waals surface area contributed by atoms with Gasteiger partial charge in [-0.3, -0.25) is 9.78 Å². The third-order valence-electron chi connectivity index (χ3n) is 7.93. The van der Waals surface area contributed by atoms with Gasteiger partial charge in [-0.2, -0.15) is 13.2 Å². The van der Waals surface area contributed by atoms with E-state index in [9.17, 15) is 23.1 Å². The molecule has 3 aliphatic rings. The first-order valence-corrected chi connectivity index (χ1v) is 11.9. The quantitative estimate of drug-likeness (QED) is 0.579. The van der Waals surface area contributed by atoms with E-state index >= 15 is 0 Å². The van der Waals surface area contributed by atoms with Gasteiger partial charge in [0.1, 0.15) is 6.10 Å². The standard InChI is InChI=1S/C27H28F3NO3/c1-15-25-22(23-13-21(32)9-6-17(23)12-24(25)26(33)34-15)10-8-20-7-5-18(14-31-20)16-3-2-4-19(11-16)27(28,29)30/h2-5,7-8,10-11,14-15,17,21-25,32H,6,9,12-13H2,1H3/t15-,17?,21?,22+,23?,24?,25?/m0/s1. The van der Waals surface area contributed by atoms with Crippen LogP contribution in [0.4, 0.5) is 13.2 Å². The monoisotopic (exact) mass is 471 g/mol. The van der Waals surface area contributed by atoms with Gasteiger partial charge < -0.3 is 9.84 Å². The Balaban J connectivity index is 1.38. The van der Waals surface area contributed by atoms with E-state index in [1.54, 1.807) is 24.4 Å². The molecule has 5 rings (SSSR count). The highest BCUT2D eigenvalue weighted by Crippen LogP contribution is 2.53. The number of carbonyl (C=O) groups excluding carboxylic acids is 1. The van der Waals surface area contributed by atoms with Crippen molar-refractivity contribution in [1.82, 2.24) is 4.98 Å². The zero-order valence-corrected chi connectivity index (χ0v) is 18.9. The number of pyridine rings is 1. The highest BCUT2D eigenvalue weighted by atomic mass is 19.4. The molecule has 2 heterocycles. The molecule has 1 aromatic carbocycles. The van der Waals surface area contributed by atoms with Crippen LogP contribution in [-0.2, 0) is 15.7 Å². The first kappa shape index (κ1) is 23.1. The summed E-state index contributed by atoms with van der Waals surface area (Å²) in [7, 11) is 0. The molecular formula is C27H28F3NO3. The summed E-state index contributed by atoms with van der Waals surface area (Å²) >= 11 is 0. The van der Waals surface area contributed by atoms with E-state index in [1.807, 2.05) is 13.0 Å². The third-order valence-corrected chi connectivity index (χ3v) is 7.93. The molecular weight excluding hydrogens is 443 g/mol. The van der Waals surface area contributed by atoms with Gasteiger partial charge in [0, 0.05) is 17.7 Å². The van der Waals surface area contributed by atoms with Crippen molar-refractivity contribution in [3.05, 3.63) is 59.9 Å². The van der Waals surface area contributed by atoms with Crippen LogP contribution in [-0.4, -0.2) is 28.3 Å². The van der Waals surface area contributed by atoms with Crippen LogP contribution in [0, 0.1) is 29.6 Å². The molecule has 1 saturated heterocycles. The lowest BCUT2D eigenvalue weighted by Gasteiger charge is -2.46. The summed E-state index contributed by atoms with van der Waals surface area (Å²) in [6.45, 7) is 1.95. The van der Waals surface area contributed by atoms with E-state index in [0.29, 0.717) is 28.7 Å². The molecule has 1 aliphatic heterocycles. The van der Waals surface area contributed by atoms with E-state index in [4.69, 9.17) is 4.74 Å². The summed E-state index contributed by atoms with van der Waals surface area (Å²) in [6.07, 6.45) is 4.01. The second-order valence-electron chi connectivity index (χ2n) is 9.94. The van der Waals surface area contributed by atoms with Crippen LogP contribution < -0.4 is 0 Å². The van der Waals surface area contributed by atoms with Crippen molar-refractivity contribution < 1.29 is 27.8 Å². The number of allylic oxidation sites excluding steroid dienone is 1. The molecule has 0 amide bonds. The number of aromatic nitrogens is 1. The summed E-state index contributed by atoms with van der Waals surface area (Å²) < 4.78 is 44.7. The second-order valence-corrected chi connectivity index (χ2v) is 9.94. The first-order valence-electron chi connectivity index (χ1n) is 11.9.